The molecule has 19 heteroatoms. The van der Waals surface area contributed by atoms with Gasteiger partial charge in [0.1, 0.15) is 19.3 Å². The Kier molecular flexibility index (Phi) is 66.8. The maximum Gasteiger partial charge on any atom is 0.472 e. The van der Waals surface area contributed by atoms with Crippen molar-refractivity contribution in [2.24, 2.45) is 23.7 Å². The van der Waals surface area contributed by atoms with E-state index in [0.29, 0.717) is 31.6 Å². The first-order chi connectivity index (χ1) is 47.1. The van der Waals surface area contributed by atoms with Crippen molar-refractivity contribution in [1.82, 2.24) is 0 Å². The van der Waals surface area contributed by atoms with Crippen LogP contribution in [-0.2, 0) is 65.4 Å². The third-order valence-electron chi connectivity index (χ3n) is 18.3. The lowest BCUT2D eigenvalue weighted by Gasteiger charge is -2.21. The maximum atomic E-state index is 13.1. The summed E-state index contributed by atoms with van der Waals surface area (Å²) in [6, 6.07) is 0. The molecule has 0 saturated heterocycles. The molecule has 0 bridgehead atoms. The number of rotatable bonds is 76. The number of esters is 4. The minimum absolute atomic E-state index is 0.106. The number of aliphatic hydroxyl groups is 1. The monoisotopic (exact) mass is 1440 g/mol. The van der Waals surface area contributed by atoms with E-state index in [-0.39, 0.29) is 25.7 Å². The van der Waals surface area contributed by atoms with E-state index < -0.39 is 97.5 Å². The second-order valence-corrected chi connectivity index (χ2v) is 33.3. The largest absolute Gasteiger partial charge is 0.472 e. The third-order valence-corrected chi connectivity index (χ3v) is 20.2. The fourth-order valence-corrected chi connectivity index (χ4v) is 13.7. The average molecular weight is 1440 g/mol. The van der Waals surface area contributed by atoms with Crippen LogP contribution in [0.5, 0.6) is 0 Å². The van der Waals surface area contributed by atoms with E-state index in [2.05, 4.69) is 55.4 Å². The zero-order valence-corrected chi connectivity index (χ0v) is 66.2. The Balaban J connectivity index is 5.25. The van der Waals surface area contributed by atoms with Crippen molar-refractivity contribution < 1.29 is 80.2 Å². The topological polar surface area (TPSA) is 237 Å². The van der Waals surface area contributed by atoms with Gasteiger partial charge in [-0.3, -0.25) is 37.3 Å². The fraction of sp³-hybridized carbons (Fsp3) is 0.949. The van der Waals surface area contributed by atoms with E-state index in [0.717, 1.165) is 114 Å². The summed E-state index contributed by atoms with van der Waals surface area (Å²) < 4.78 is 68.6. The van der Waals surface area contributed by atoms with Crippen LogP contribution in [0.25, 0.3) is 0 Å². The Labute approximate surface area is 600 Å². The molecular formula is C79H154O17P2. The molecule has 0 spiro atoms. The number of carbonyl (C=O) groups is 4. The van der Waals surface area contributed by atoms with Gasteiger partial charge in [0.25, 0.3) is 0 Å². The Bertz CT molecular complexity index is 1920. The molecule has 582 valence electrons. The molecule has 17 nitrogen and oxygen atoms in total. The van der Waals surface area contributed by atoms with E-state index in [1.54, 1.807) is 0 Å². The van der Waals surface area contributed by atoms with Crippen molar-refractivity contribution in [2.75, 3.05) is 39.6 Å². The van der Waals surface area contributed by atoms with Crippen LogP contribution in [0.15, 0.2) is 0 Å². The lowest BCUT2D eigenvalue weighted by molar-refractivity contribution is -0.161. The molecule has 3 N–H and O–H groups in total. The van der Waals surface area contributed by atoms with E-state index in [9.17, 15) is 43.2 Å². The molecule has 0 rings (SSSR count). The standard InChI is InChI=1S/C79H154O17P2/c1-69(2)55-47-39-31-24-18-12-9-10-14-21-27-35-43-51-59-76(81)89-65-74(95-79(84)62-54-46-37-29-23-17-16-20-26-33-41-49-57-71(5)6)67-93-97(85,86)91-63-73(80)64-92-98(87,88)94-68-75(66-90-77(82)60-52-44-38-30-34-42-50-58-72(7)8)96-78(83)61-53-45-36-28-22-15-11-13-19-25-32-40-48-56-70(3)4/h69-75,80H,9-68H2,1-8H3,(H,85,86)(H,87,88)/t73?,74-,75-/m1/s1. The molecule has 98 heavy (non-hydrogen) atoms. The van der Waals surface area contributed by atoms with Gasteiger partial charge >= 0.3 is 39.5 Å². The molecular weight excluding hydrogens is 1280 g/mol. The fourth-order valence-electron chi connectivity index (χ4n) is 12.1. The van der Waals surface area contributed by atoms with E-state index >= 15 is 0 Å². The molecule has 0 aliphatic carbocycles. The highest BCUT2D eigenvalue weighted by atomic mass is 31.2. The molecule has 5 atom stereocenters. The van der Waals surface area contributed by atoms with Crippen LogP contribution in [0.3, 0.4) is 0 Å². The second-order valence-electron chi connectivity index (χ2n) is 30.4. The van der Waals surface area contributed by atoms with Gasteiger partial charge in [-0.25, -0.2) is 9.13 Å². The van der Waals surface area contributed by atoms with Gasteiger partial charge in [-0.1, -0.05) is 351 Å². The highest BCUT2D eigenvalue weighted by molar-refractivity contribution is 7.47. The highest BCUT2D eigenvalue weighted by Gasteiger charge is 2.30. The Morgan fingerprint density at radius 2 is 0.429 bits per heavy atom. The molecule has 0 aromatic heterocycles. The molecule has 0 saturated carbocycles. The first-order valence-corrected chi connectivity index (χ1v) is 43.7. The Morgan fingerprint density at radius 1 is 0.255 bits per heavy atom. The SMILES string of the molecule is CC(C)CCCCCCCCCCCCCCCCC(=O)OC[C@H](COP(=O)(O)OCC(O)COP(=O)(O)OC[C@@H](COC(=O)CCCCCCCCCC(C)C)OC(=O)CCCCCCCCCCCCCCCC(C)C)OC(=O)CCCCCCCCCCCCCCC(C)C. The second kappa shape index (κ2) is 68.2. The van der Waals surface area contributed by atoms with Crippen molar-refractivity contribution in [1.29, 1.82) is 0 Å². The Morgan fingerprint density at radius 3 is 0.633 bits per heavy atom. The van der Waals surface area contributed by atoms with E-state index in [4.69, 9.17) is 37.0 Å². The smallest absolute Gasteiger partial charge is 0.462 e. The van der Waals surface area contributed by atoms with Gasteiger partial charge in [0, 0.05) is 25.7 Å². The van der Waals surface area contributed by atoms with Gasteiger partial charge in [-0.05, 0) is 49.4 Å². The molecule has 0 aliphatic rings. The number of hydrogen-bond acceptors (Lipinski definition) is 15. The van der Waals surface area contributed by atoms with E-state index in [1.807, 2.05) is 0 Å². The number of carbonyl (C=O) groups excluding carboxylic acids is 4. The molecule has 0 aromatic rings. The van der Waals surface area contributed by atoms with Crippen LogP contribution >= 0.6 is 15.6 Å². The molecule has 0 heterocycles. The number of unbranched alkanes of at least 4 members (excludes halogenated alkanes) is 42. The molecule has 0 fully saturated rings. The van der Waals surface area contributed by atoms with Crippen LogP contribution in [0.2, 0.25) is 0 Å². The van der Waals surface area contributed by atoms with Crippen LogP contribution in [0.4, 0.5) is 0 Å². The lowest BCUT2D eigenvalue weighted by atomic mass is 10.0. The number of hydrogen-bond donors (Lipinski definition) is 3. The summed E-state index contributed by atoms with van der Waals surface area (Å²) in [6.07, 6.45) is 54.1. The van der Waals surface area contributed by atoms with Crippen molar-refractivity contribution in [3.8, 4) is 0 Å². The molecule has 0 aliphatic heterocycles. The number of aliphatic hydroxyl groups excluding tert-OH is 1. The van der Waals surface area contributed by atoms with Crippen molar-refractivity contribution in [2.45, 2.75) is 420 Å². The van der Waals surface area contributed by atoms with Gasteiger partial charge < -0.3 is 33.8 Å². The Hall–Kier alpha value is -1.94. The summed E-state index contributed by atoms with van der Waals surface area (Å²) in [5.41, 5.74) is 0. The summed E-state index contributed by atoms with van der Waals surface area (Å²) in [4.78, 5) is 72.9. The summed E-state index contributed by atoms with van der Waals surface area (Å²) in [6.45, 7) is 14.2. The zero-order chi connectivity index (χ0) is 72.4. The zero-order valence-electron chi connectivity index (χ0n) is 64.4. The van der Waals surface area contributed by atoms with Crippen molar-refractivity contribution >= 4 is 39.5 Å². The highest BCUT2D eigenvalue weighted by Crippen LogP contribution is 2.45. The van der Waals surface area contributed by atoms with E-state index in [1.165, 1.54) is 199 Å². The lowest BCUT2D eigenvalue weighted by Crippen LogP contribution is -2.30. The summed E-state index contributed by atoms with van der Waals surface area (Å²) in [7, 11) is -9.92. The van der Waals surface area contributed by atoms with Crippen LogP contribution in [0, 0.1) is 23.7 Å². The van der Waals surface area contributed by atoms with Gasteiger partial charge in [0.2, 0.25) is 0 Å². The third kappa shape index (κ3) is 72.4. The molecule has 0 amide bonds. The van der Waals surface area contributed by atoms with Gasteiger partial charge in [0.05, 0.1) is 26.4 Å². The molecule has 0 radical (unpaired) electrons. The predicted molar refractivity (Wildman–Crippen MR) is 400 cm³/mol. The first kappa shape index (κ1) is 96.1. The number of phosphoric ester groups is 2. The number of ether oxygens (including phenoxy) is 4. The summed E-state index contributed by atoms with van der Waals surface area (Å²) in [5, 5.41) is 10.6. The summed E-state index contributed by atoms with van der Waals surface area (Å²) >= 11 is 0. The quantitative estimate of drug-likeness (QED) is 0.0222. The van der Waals surface area contributed by atoms with Gasteiger partial charge in [0.15, 0.2) is 12.2 Å². The van der Waals surface area contributed by atoms with Crippen molar-refractivity contribution in [3.05, 3.63) is 0 Å². The average Bonchev–Trinajstić information content (AvgIpc) is 1.04. The van der Waals surface area contributed by atoms with Crippen LogP contribution in [-0.4, -0.2) is 96.7 Å². The van der Waals surface area contributed by atoms with Crippen LogP contribution < -0.4 is 0 Å². The van der Waals surface area contributed by atoms with Gasteiger partial charge in [-0.15, -0.1) is 0 Å². The predicted octanol–water partition coefficient (Wildman–Crippen LogP) is 23.2. The number of phosphoric acid groups is 2. The first-order valence-electron chi connectivity index (χ1n) is 40.7. The summed E-state index contributed by atoms with van der Waals surface area (Å²) in [5.74, 6) is 0.951. The minimum Gasteiger partial charge on any atom is -0.462 e. The minimum atomic E-state index is -4.96. The van der Waals surface area contributed by atoms with Crippen molar-refractivity contribution in [3.63, 3.8) is 0 Å². The molecule has 3 unspecified atom stereocenters. The normalized spacial score (nSPS) is 14.1. The molecule has 0 aromatic carbocycles. The van der Waals surface area contributed by atoms with Crippen LogP contribution in [0.1, 0.15) is 402 Å². The maximum absolute atomic E-state index is 13.1. The van der Waals surface area contributed by atoms with Gasteiger partial charge in [-0.2, -0.15) is 0 Å².